The van der Waals surface area contributed by atoms with Crippen molar-refractivity contribution >= 4 is 16.9 Å². The van der Waals surface area contributed by atoms with Crippen LogP contribution in [0.25, 0.3) is 10.9 Å². The first-order valence-electron chi connectivity index (χ1n) is 6.31. The first-order chi connectivity index (χ1) is 10.1. The van der Waals surface area contributed by atoms with E-state index in [-0.39, 0.29) is 12.1 Å². The van der Waals surface area contributed by atoms with Crippen LogP contribution in [0.3, 0.4) is 0 Å². The van der Waals surface area contributed by atoms with Gasteiger partial charge in [0.05, 0.1) is 12.1 Å². The highest BCUT2D eigenvalue weighted by Gasteiger charge is 2.14. The van der Waals surface area contributed by atoms with Crippen LogP contribution in [0, 0.1) is 11.6 Å². The number of carboxylic acid groups (broad SMARTS) is 1. The molecule has 0 amide bonds. The van der Waals surface area contributed by atoms with Gasteiger partial charge >= 0.3 is 5.97 Å². The topological polar surface area (TPSA) is 42.2 Å². The molecule has 1 aromatic heterocycles. The maximum Gasteiger partial charge on any atom is 0.337 e. The lowest BCUT2D eigenvalue weighted by Gasteiger charge is -2.06. The summed E-state index contributed by atoms with van der Waals surface area (Å²) in [5.74, 6) is -2.32. The number of carboxylic acids is 1. The summed E-state index contributed by atoms with van der Waals surface area (Å²) in [4.78, 5) is 11.3. The van der Waals surface area contributed by atoms with Crippen molar-refractivity contribution in [3.05, 3.63) is 71.4 Å². The minimum absolute atomic E-state index is 0.139. The van der Waals surface area contributed by atoms with Gasteiger partial charge in [-0.25, -0.2) is 13.6 Å². The number of nitrogens with zero attached hydrogens (tertiary/aromatic N) is 1. The summed E-state index contributed by atoms with van der Waals surface area (Å²) in [6.07, 6.45) is 1.47. The third-order valence-electron chi connectivity index (χ3n) is 3.37. The zero-order chi connectivity index (χ0) is 15.0. The summed E-state index contributed by atoms with van der Waals surface area (Å²) >= 11 is 0. The molecular formula is C16H11F2NO2. The van der Waals surface area contributed by atoms with Crippen LogP contribution in [0.1, 0.15) is 15.9 Å². The second-order valence-electron chi connectivity index (χ2n) is 4.73. The first kappa shape index (κ1) is 13.3. The van der Waals surface area contributed by atoms with Gasteiger partial charge in [-0.1, -0.05) is 24.3 Å². The zero-order valence-corrected chi connectivity index (χ0v) is 10.9. The fraction of sp³-hybridized carbons (Fsp3) is 0.0625. The Hall–Kier alpha value is -2.69. The fourth-order valence-electron chi connectivity index (χ4n) is 2.38. The Bertz CT molecular complexity index is 839. The largest absolute Gasteiger partial charge is 0.478 e. The molecule has 106 valence electrons. The van der Waals surface area contributed by atoms with E-state index in [1.54, 1.807) is 28.8 Å². The third kappa shape index (κ3) is 2.38. The monoisotopic (exact) mass is 287 g/mol. The van der Waals surface area contributed by atoms with Gasteiger partial charge in [-0.2, -0.15) is 0 Å². The average Bonchev–Trinajstić information content (AvgIpc) is 2.81. The lowest BCUT2D eigenvalue weighted by atomic mass is 10.2. The number of fused-ring (bicyclic) bond motifs is 1. The molecule has 3 nitrogen and oxygen atoms in total. The molecule has 0 aliphatic heterocycles. The number of aromatic nitrogens is 1. The molecule has 0 saturated heterocycles. The lowest BCUT2D eigenvalue weighted by molar-refractivity contribution is 0.0699. The van der Waals surface area contributed by atoms with Crippen molar-refractivity contribution < 1.29 is 18.7 Å². The number of rotatable bonds is 3. The van der Waals surface area contributed by atoms with Crippen molar-refractivity contribution in [2.24, 2.45) is 0 Å². The Labute approximate surface area is 119 Å². The van der Waals surface area contributed by atoms with Crippen molar-refractivity contribution in [1.29, 1.82) is 0 Å². The van der Waals surface area contributed by atoms with Crippen LogP contribution in [0.4, 0.5) is 8.78 Å². The number of halogens is 2. The third-order valence-corrected chi connectivity index (χ3v) is 3.37. The molecule has 0 spiro atoms. The number of benzene rings is 2. The summed E-state index contributed by atoms with van der Waals surface area (Å²) in [6.45, 7) is 0.139. The van der Waals surface area contributed by atoms with Crippen LogP contribution >= 0.6 is 0 Å². The Morgan fingerprint density at radius 2 is 1.90 bits per heavy atom. The van der Waals surface area contributed by atoms with Gasteiger partial charge < -0.3 is 9.67 Å². The minimum atomic E-state index is -1.04. The minimum Gasteiger partial charge on any atom is -0.478 e. The molecule has 2 aromatic carbocycles. The van der Waals surface area contributed by atoms with E-state index in [0.29, 0.717) is 16.5 Å². The van der Waals surface area contributed by atoms with Gasteiger partial charge in [0, 0.05) is 28.7 Å². The summed E-state index contributed by atoms with van der Waals surface area (Å²) < 4.78 is 28.3. The van der Waals surface area contributed by atoms with E-state index in [2.05, 4.69) is 0 Å². The van der Waals surface area contributed by atoms with E-state index in [1.807, 2.05) is 0 Å². The highest BCUT2D eigenvalue weighted by atomic mass is 19.1. The molecule has 21 heavy (non-hydrogen) atoms. The van der Waals surface area contributed by atoms with Crippen molar-refractivity contribution in [3.8, 4) is 0 Å². The van der Waals surface area contributed by atoms with E-state index in [9.17, 15) is 18.7 Å². The van der Waals surface area contributed by atoms with Gasteiger partial charge in [-0.15, -0.1) is 0 Å². The number of carbonyl (C=O) groups is 1. The molecule has 1 N–H and O–H groups in total. The standard InChI is InChI=1S/C16H11F2NO2/c17-11-6-5-10(14(18)7-11)8-19-9-13(16(20)21)12-3-1-2-4-15(12)19/h1-7,9H,8H2,(H,20,21). The van der Waals surface area contributed by atoms with Gasteiger partial charge in [0.15, 0.2) is 0 Å². The average molecular weight is 287 g/mol. The molecular weight excluding hydrogens is 276 g/mol. The SMILES string of the molecule is O=C(O)c1cn(Cc2ccc(F)cc2F)c2ccccc12. The summed E-state index contributed by atoms with van der Waals surface area (Å²) in [6, 6.07) is 10.4. The number of hydrogen-bond acceptors (Lipinski definition) is 1. The molecule has 3 aromatic rings. The smallest absolute Gasteiger partial charge is 0.337 e. The van der Waals surface area contributed by atoms with E-state index < -0.39 is 17.6 Å². The molecule has 0 radical (unpaired) electrons. The van der Waals surface area contributed by atoms with Gasteiger partial charge in [0.1, 0.15) is 11.6 Å². The van der Waals surface area contributed by atoms with Crippen LogP contribution < -0.4 is 0 Å². The predicted octanol–water partition coefficient (Wildman–Crippen LogP) is 3.67. The lowest BCUT2D eigenvalue weighted by Crippen LogP contribution is -2.01. The van der Waals surface area contributed by atoms with E-state index in [4.69, 9.17) is 0 Å². The highest BCUT2D eigenvalue weighted by molar-refractivity contribution is 6.03. The molecule has 0 unspecified atom stereocenters. The second kappa shape index (κ2) is 5.01. The van der Waals surface area contributed by atoms with Crippen LogP contribution in [-0.4, -0.2) is 15.6 Å². The Balaban J connectivity index is 2.10. The van der Waals surface area contributed by atoms with Crippen LogP contribution in [0.5, 0.6) is 0 Å². The Morgan fingerprint density at radius 1 is 1.14 bits per heavy atom. The van der Waals surface area contributed by atoms with Crippen LogP contribution in [0.2, 0.25) is 0 Å². The highest BCUT2D eigenvalue weighted by Crippen LogP contribution is 2.23. The fourth-order valence-corrected chi connectivity index (χ4v) is 2.38. The van der Waals surface area contributed by atoms with E-state index in [0.717, 1.165) is 6.07 Å². The second-order valence-corrected chi connectivity index (χ2v) is 4.73. The maximum atomic E-state index is 13.7. The Kier molecular flexibility index (Phi) is 3.17. The number of para-hydroxylation sites is 1. The van der Waals surface area contributed by atoms with Crippen molar-refractivity contribution in [1.82, 2.24) is 4.57 Å². The molecule has 0 bridgehead atoms. The van der Waals surface area contributed by atoms with Gasteiger partial charge in [0.2, 0.25) is 0 Å². The van der Waals surface area contributed by atoms with Crippen LogP contribution in [-0.2, 0) is 6.54 Å². The molecule has 0 fully saturated rings. The summed E-state index contributed by atoms with van der Waals surface area (Å²) in [5.41, 5.74) is 1.15. The van der Waals surface area contributed by atoms with Gasteiger partial charge in [-0.3, -0.25) is 0 Å². The molecule has 1 heterocycles. The number of aromatic carboxylic acids is 1. The molecule has 5 heteroatoms. The summed E-state index contributed by atoms with van der Waals surface area (Å²) in [7, 11) is 0. The molecule has 0 atom stereocenters. The van der Waals surface area contributed by atoms with Crippen molar-refractivity contribution in [2.45, 2.75) is 6.54 Å². The van der Waals surface area contributed by atoms with Gasteiger partial charge in [-0.05, 0) is 12.1 Å². The molecule has 0 aliphatic carbocycles. The number of hydrogen-bond donors (Lipinski definition) is 1. The molecule has 0 saturated carbocycles. The van der Waals surface area contributed by atoms with Crippen molar-refractivity contribution in [3.63, 3.8) is 0 Å². The van der Waals surface area contributed by atoms with Crippen molar-refractivity contribution in [2.75, 3.05) is 0 Å². The molecule has 0 aliphatic rings. The predicted molar refractivity (Wildman–Crippen MR) is 74.4 cm³/mol. The molecule has 3 rings (SSSR count). The zero-order valence-electron chi connectivity index (χ0n) is 10.9. The summed E-state index contributed by atoms with van der Waals surface area (Å²) in [5, 5.41) is 9.81. The quantitative estimate of drug-likeness (QED) is 0.798. The van der Waals surface area contributed by atoms with Gasteiger partial charge in [0.25, 0.3) is 0 Å². The first-order valence-corrected chi connectivity index (χ1v) is 6.31. The normalized spacial score (nSPS) is 11.0. The van der Waals surface area contributed by atoms with E-state index >= 15 is 0 Å². The van der Waals surface area contributed by atoms with E-state index in [1.165, 1.54) is 18.3 Å². The Morgan fingerprint density at radius 3 is 2.62 bits per heavy atom. The van der Waals surface area contributed by atoms with Crippen LogP contribution in [0.15, 0.2) is 48.7 Å². The maximum absolute atomic E-state index is 13.7.